The molecular formula is C13H18N4. The monoisotopic (exact) mass is 230 g/mol. The summed E-state index contributed by atoms with van der Waals surface area (Å²) in [6.07, 6.45) is 6.71. The minimum Gasteiger partial charge on any atom is -0.381 e. The van der Waals surface area contributed by atoms with Crippen LogP contribution in [0.5, 0.6) is 0 Å². The summed E-state index contributed by atoms with van der Waals surface area (Å²) in [6, 6.07) is 2.00. The van der Waals surface area contributed by atoms with Crippen LogP contribution in [0.4, 0.5) is 5.69 Å². The smallest absolute Gasteiger partial charge is 0.0671 e. The van der Waals surface area contributed by atoms with Crippen molar-refractivity contribution in [3.63, 3.8) is 0 Å². The zero-order chi connectivity index (χ0) is 12.3. The Hall–Kier alpha value is -1.84. The van der Waals surface area contributed by atoms with Crippen LogP contribution in [0.3, 0.4) is 0 Å². The van der Waals surface area contributed by atoms with Crippen molar-refractivity contribution in [1.29, 1.82) is 0 Å². The van der Waals surface area contributed by atoms with Gasteiger partial charge in [-0.05, 0) is 25.0 Å². The molecule has 0 spiro atoms. The number of aryl methyl sites for hydroxylation is 3. The van der Waals surface area contributed by atoms with Gasteiger partial charge in [0.25, 0.3) is 0 Å². The Morgan fingerprint density at radius 2 is 2.24 bits per heavy atom. The fourth-order valence-corrected chi connectivity index (χ4v) is 1.89. The molecule has 90 valence electrons. The second-order valence-electron chi connectivity index (χ2n) is 4.17. The Balaban J connectivity index is 2.09. The van der Waals surface area contributed by atoms with Crippen molar-refractivity contribution < 1.29 is 0 Å². The summed E-state index contributed by atoms with van der Waals surface area (Å²) in [5, 5.41) is 7.85. The van der Waals surface area contributed by atoms with E-state index in [9.17, 15) is 0 Å². The Labute approximate surface area is 102 Å². The number of rotatable bonds is 4. The lowest BCUT2D eigenvalue weighted by atomic mass is 10.2. The summed E-state index contributed by atoms with van der Waals surface area (Å²) in [7, 11) is 1.96. The molecular weight excluding hydrogens is 212 g/mol. The van der Waals surface area contributed by atoms with Gasteiger partial charge in [-0.2, -0.15) is 5.10 Å². The number of pyridine rings is 1. The molecule has 0 saturated heterocycles. The largest absolute Gasteiger partial charge is 0.381 e. The van der Waals surface area contributed by atoms with Crippen LogP contribution < -0.4 is 5.32 Å². The van der Waals surface area contributed by atoms with Crippen molar-refractivity contribution in [2.45, 2.75) is 26.8 Å². The van der Waals surface area contributed by atoms with Gasteiger partial charge in [-0.1, -0.05) is 6.92 Å². The van der Waals surface area contributed by atoms with Crippen LogP contribution in [0, 0.1) is 6.92 Å². The fourth-order valence-electron chi connectivity index (χ4n) is 1.89. The lowest BCUT2D eigenvalue weighted by molar-refractivity contribution is 0.746. The quantitative estimate of drug-likeness (QED) is 0.876. The number of hydrogen-bond donors (Lipinski definition) is 1. The van der Waals surface area contributed by atoms with Crippen molar-refractivity contribution >= 4 is 5.69 Å². The minimum atomic E-state index is 0.807. The maximum Gasteiger partial charge on any atom is 0.0671 e. The van der Waals surface area contributed by atoms with Crippen LogP contribution in [0.2, 0.25) is 0 Å². The van der Waals surface area contributed by atoms with E-state index in [1.165, 1.54) is 5.56 Å². The van der Waals surface area contributed by atoms with Crippen molar-refractivity contribution in [3.8, 4) is 0 Å². The molecule has 0 fully saturated rings. The molecule has 0 aliphatic heterocycles. The van der Waals surface area contributed by atoms with Crippen molar-refractivity contribution in [2.75, 3.05) is 5.32 Å². The highest BCUT2D eigenvalue weighted by atomic mass is 15.3. The normalized spacial score (nSPS) is 10.5. The van der Waals surface area contributed by atoms with Gasteiger partial charge in [0.15, 0.2) is 0 Å². The molecule has 0 aliphatic carbocycles. The third-order valence-corrected chi connectivity index (χ3v) is 2.82. The molecule has 2 aromatic rings. The third-order valence-electron chi connectivity index (χ3n) is 2.82. The average Bonchev–Trinajstić information content (AvgIpc) is 2.69. The molecule has 4 heteroatoms. The van der Waals surface area contributed by atoms with E-state index < -0.39 is 0 Å². The molecule has 1 N–H and O–H groups in total. The second-order valence-corrected chi connectivity index (χ2v) is 4.17. The SMILES string of the molecule is CCc1nn(C)cc1CNc1ccncc1C. The maximum atomic E-state index is 4.43. The van der Waals surface area contributed by atoms with Gasteiger partial charge in [-0.15, -0.1) is 0 Å². The van der Waals surface area contributed by atoms with Crippen LogP contribution >= 0.6 is 0 Å². The summed E-state index contributed by atoms with van der Waals surface area (Å²) in [5.41, 5.74) is 4.71. The first-order chi connectivity index (χ1) is 8.20. The van der Waals surface area contributed by atoms with Crippen molar-refractivity contribution in [2.24, 2.45) is 7.05 Å². The predicted octanol–water partition coefficient (Wildman–Crippen LogP) is 2.30. The van der Waals surface area contributed by atoms with Gasteiger partial charge in [0.05, 0.1) is 5.69 Å². The van der Waals surface area contributed by atoms with E-state index in [1.54, 1.807) is 6.20 Å². The van der Waals surface area contributed by atoms with Crippen LogP contribution in [-0.4, -0.2) is 14.8 Å². The Bertz CT molecular complexity index is 502. The van der Waals surface area contributed by atoms with Gasteiger partial charge in [0.2, 0.25) is 0 Å². The van der Waals surface area contributed by atoms with Gasteiger partial charge < -0.3 is 5.32 Å². The van der Waals surface area contributed by atoms with E-state index in [-0.39, 0.29) is 0 Å². The molecule has 2 rings (SSSR count). The number of aromatic nitrogens is 3. The summed E-state index contributed by atoms with van der Waals surface area (Å²) in [6.45, 7) is 4.99. The molecule has 17 heavy (non-hydrogen) atoms. The van der Waals surface area contributed by atoms with E-state index >= 15 is 0 Å². The molecule has 2 heterocycles. The number of nitrogens with one attached hydrogen (secondary N) is 1. The highest BCUT2D eigenvalue weighted by Crippen LogP contribution is 2.14. The zero-order valence-electron chi connectivity index (χ0n) is 10.6. The maximum absolute atomic E-state index is 4.43. The molecule has 4 nitrogen and oxygen atoms in total. The molecule has 0 bridgehead atoms. The van der Waals surface area contributed by atoms with E-state index in [1.807, 2.05) is 24.0 Å². The first-order valence-electron chi connectivity index (χ1n) is 5.86. The van der Waals surface area contributed by atoms with E-state index in [0.717, 1.165) is 29.9 Å². The molecule has 0 unspecified atom stereocenters. The van der Waals surface area contributed by atoms with E-state index in [2.05, 4.69) is 35.4 Å². The van der Waals surface area contributed by atoms with Crippen molar-refractivity contribution in [3.05, 3.63) is 41.5 Å². The van der Waals surface area contributed by atoms with Gasteiger partial charge in [-0.25, -0.2) is 0 Å². The average molecular weight is 230 g/mol. The molecule has 0 radical (unpaired) electrons. The van der Waals surface area contributed by atoms with E-state index in [4.69, 9.17) is 0 Å². The fraction of sp³-hybridized carbons (Fsp3) is 0.385. The standard InChI is InChI=1S/C13H18N4/c1-4-12-11(9-17(3)16-12)8-15-13-5-6-14-7-10(13)2/h5-7,9H,4,8H2,1-3H3,(H,14,15). The van der Waals surface area contributed by atoms with Gasteiger partial charge >= 0.3 is 0 Å². The summed E-state index contributed by atoms with van der Waals surface area (Å²) in [5.74, 6) is 0. The van der Waals surface area contributed by atoms with Crippen LogP contribution in [0.25, 0.3) is 0 Å². The van der Waals surface area contributed by atoms with Gasteiger partial charge in [0.1, 0.15) is 0 Å². The minimum absolute atomic E-state index is 0.807. The second kappa shape index (κ2) is 4.99. The zero-order valence-corrected chi connectivity index (χ0v) is 10.6. The molecule has 0 aromatic carbocycles. The topological polar surface area (TPSA) is 42.7 Å². The molecule has 0 atom stereocenters. The molecule has 2 aromatic heterocycles. The van der Waals surface area contributed by atoms with Crippen LogP contribution in [0.1, 0.15) is 23.7 Å². The number of hydrogen-bond acceptors (Lipinski definition) is 3. The molecule has 0 aliphatic rings. The van der Waals surface area contributed by atoms with E-state index in [0.29, 0.717) is 0 Å². The van der Waals surface area contributed by atoms with Crippen LogP contribution in [-0.2, 0) is 20.0 Å². The highest BCUT2D eigenvalue weighted by Gasteiger charge is 2.05. The Kier molecular flexibility index (Phi) is 3.42. The summed E-state index contributed by atoms with van der Waals surface area (Å²) in [4.78, 5) is 4.08. The Morgan fingerprint density at radius 3 is 2.94 bits per heavy atom. The summed E-state index contributed by atoms with van der Waals surface area (Å²) >= 11 is 0. The van der Waals surface area contributed by atoms with Gasteiger partial charge in [-0.3, -0.25) is 9.67 Å². The predicted molar refractivity (Wildman–Crippen MR) is 68.9 cm³/mol. The number of nitrogens with zero attached hydrogens (tertiary/aromatic N) is 3. The Morgan fingerprint density at radius 1 is 1.41 bits per heavy atom. The first-order valence-corrected chi connectivity index (χ1v) is 5.86. The molecule has 0 amide bonds. The number of anilines is 1. The lowest BCUT2D eigenvalue weighted by Crippen LogP contribution is -2.02. The van der Waals surface area contributed by atoms with Gasteiger partial charge in [0, 0.05) is 43.4 Å². The van der Waals surface area contributed by atoms with Crippen molar-refractivity contribution in [1.82, 2.24) is 14.8 Å². The lowest BCUT2D eigenvalue weighted by Gasteiger charge is -2.08. The summed E-state index contributed by atoms with van der Waals surface area (Å²) < 4.78 is 1.87. The third kappa shape index (κ3) is 2.64. The van der Waals surface area contributed by atoms with Crippen LogP contribution in [0.15, 0.2) is 24.7 Å². The highest BCUT2D eigenvalue weighted by molar-refractivity contribution is 5.49. The molecule has 0 saturated carbocycles. The first kappa shape index (κ1) is 11.6.